The maximum absolute atomic E-state index is 14.0. The first-order valence-corrected chi connectivity index (χ1v) is 9.34. The van der Waals surface area contributed by atoms with Crippen molar-refractivity contribution in [1.82, 2.24) is 9.88 Å². The van der Waals surface area contributed by atoms with Gasteiger partial charge in [-0.05, 0) is 56.0 Å². The van der Waals surface area contributed by atoms with Crippen molar-refractivity contribution in [2.24, 2.45) is 0 Å². The number of hydrogen-bond acceptors (Lipinski definition) is 3. The van der Waals surface area contributed by atoms with Crippen LogP contribution in [0, 0.1) is 12.7 Å². The first-order chi connectivity index (χ1) is 13.1. The molecule has 0 radical (unpaired) electrons. The van der Waals surface area contributed by atoms with Gasteiger partial charge in [-0.1, -0.05) is 18.2 Å². The number of fused-ring (bicyclic) bond motifs is 1. The second kappa shape index (κ2) is 7.35. The maximum Gasteiger partial charge on any atom is 0.257 e. The average molecular weight is 363 g/mol. The lowest BCUT2D eigenvalue weighted by molar-refractivity contribution is 0.0725. The molecule has 1 fully saturated rings. The van der Waals surface area contributed by atoms with Crippen LogP contribution >= 0.6 is 0 Å². The molecule has 2 aromatic carbocycles. The standard InChI is InChI=1S/C22H22FN3O/c1-15-7-3-4-8-19(15)25-21-17-13-16(23)9-10-20(17)24-14-18(21)22(27)26-11-5-2-6-12-26/h3-4,7-10,13-14H,2,5-6,11-12H2,1H3,(H,24,25). The van der Waals surface area contributed by atoms with Gasteiger partial charge in [-0.25, -0.2) is 4.39 Å². The third kappa shape index (κ3) is 3.50. The van der Waals surface area contributed by atoms with Gasteiger partial charge in [0.15, 0.2) is 0 Å². The molecule has 3 aromatic rings. The molecule has 1 amide bonds. The molecule has 4 nitrogen and oxygen atoms in total. The number of carbonyl (C=O) groups excluding carboxylic acids is 1. The summed E-state index contributed by atoms with van der Waals surface area (Å²) >= 11 is 0. The molecule has 1 saturated heterocycles. The molecule has 1 aromatic heterocycles. The van der Waals surface area contributed by atoms with Crippen molar-refractivity contribution in [3.63, 3.8) is 0 Å². The summed E-state index contributed by atoms with van der Waals surface area (Å²) in [6.07, 6.45) is 4.79. The van der Waals surface area contributed by atoms with Gasteiger partial charge in [-0.3, -0.25) is 9.78 Å². The lowest BCUT2D eigenvalue weighted by Crippen LogP contribution is -2.36. The minimum atomic E-state index is -0.347. The summed E-state index contributed by atoms with van der Waals surface area (Å²) in [7, 11) is 0. The number of likely N-dealkylation sites (tertiary alicyclic amines) is 1. The molecule has 138 valence electrons. The van der Waals surface area contributed by atoms with E-state index in [9.17, 15) is 9.18 Å². The van der Waals surface area contributed by atoms with E-state index in [-0.39, 0.29) is 11.7 Å². The topological polar surface area (TPSA) is 45.2 Å². The largest absolute Gasteiger partial charge is 0.354 e. The van der Waals surface area contributed by atoms with Crippen LogP contribution < -0.4 is 5.32 Å². The predicted molar refractivity (Wildman–Crippen MR) is 106 cm³/mol. The fourth-order valence-corrected chi connectivity index (χ4v) is 3.58. The minimum Gasteiger partial charge on any atom is -0.354 e. The molecule has 0 unspecified atom stereocenters. The van der Waals surface area contributed by atoms with Gasteiger partial charge in [0.1, 0.15) is 5.82 Å². The van der Waals surface area contributed by atoms with E-state index in [2.05, 4.69) is 10.3 Å². The Morgan fingerprint density at radius 3 is 2.67 bits per heavy atom. The summed E-state index contributed by atoms with van der Waals surface area (Å²) in [5.74, 6) is -0.399. The number of nitrogens with zero attached hydrogens (tertiary/aromatic N) is 2. The number of pyridine rings is 1. The molecule has 0 bridgehead atoms. The van der Waals surface area contributed by atoms with E-state index in [0.29, 0.717) is 22.2 Å². The highest BCUT2D eigenvalue weighted by Crippen LogP contribution is 2.32. The number of para-hydroxylation sites is 1. The number of piperidine rings is 1. The van der Waals surface area contributed by atoms with Crippen molar-refractivity contribution in [1.29, 1.82) is 0 Å². The summed E-state index contributed by atoms with van der Waals surface area (Å²) in [6, 6.07) is 12.3. The molecular weight excluding hydrogens is 341 g/mol. The molecular formula is C22H22FN3O. The lowest BCUT2D eigenvalue weighted by atomic mass is 10.0. The van der Waals surface area contributed by atoms with E-state index >= 15 is 0 Å². The Hall–Kier alpha value is -2.95. The van der Waals surface area contributed by atoms with Gasteiger partial charge in [0.05, 0.1) is 16.8 Å². The highest BCUT2D eigenvalue weighted by atomic mass is 19.1. The number of halogens is 1. The second-order valence-corrected chi connectivity index (χ2v) is 7.00. The third-order valence-corrected chi connectivity index (χ3v) is 5.11. The van der Waals surface area contributed by atoms with E-state index in [0.717, 1.165) is 43.6 Å². The Balaban J connectivity index is 1.85. The first-order valence-electron chi connectivity index (χ1n) is 9.34. The van der Waals surface area contributed by atoms with Crippen LogP contribution in [-0.2, 0) is 0 Å². The number of rotatable bonds is 3. The van der Waals surface area contributed by atoms with Crippen molar-refractivity contribution >= 4 is 28.2 Å². The van der Waals surface area contributed by atoms with Crippen molar-refractivity contribution in [2.45, 2.75) is 26.2 Å². The Labute approximate surface area is 158 Å². The lowest BCUT2D eigenvalue weighted by Gasteiger charge is -2.28. The zero-order chi connectivity index (χ0) is 18.8. The SMILES string of the molecule is Cc1ccccc1Nc1c(C(=O)N2CCCCC2)cnc2ccc(F)cc12. The zero-order valence-corrected chi connectivity index (χ0v) is 15.3. The average Bonchev–Trinajstić information content (AvgIpc) is 2.70. The monoisotopic (exact) mass is 363 g/mol. The molecule has 1 aliphatic rings. The van der Waals surface area contributed by atoms with E-state index in [1.165, 1.54) is 12.1 Å². The van der Waals surface area contributed by atoms with Crippen LogP contribution in [0.2, 0.25) is 0 Å². The van der Waals surface area contributed by atoms with Crippen LogP contribution in [-0.4, -0.2) is 28.9 Å². The molecule has 0 aliphatic carbocycles. The van der Waals surface area contributed by atoms with Crippen molar-refractivity contribution < 1.29 is 9.18 Å². The zero-order valence-electron chi connectivity index (χ0n) is 15.3. The number of amides is 1. The number of carbonyl (C=O) groups is 1. The van der Waals surface area contributed by atoms with Gasteiger partial charge in [0, 0.05) is 30.4 Å². The van der Waals surface area contributed by atoms with Crippen LogP contribution in [0.15, 0.2) is 48.7 Å². The van der Waals surface area contributed by atoms with E-state index in [4.69, 9.17) is 0 Å². The Bertz CT molecular complexity index is 996. The highest BCUT2D eigenvalue weighted by molar-refractivity contribution is 6.08. The quantitative estimate of drug-likeness (QED) is 0.708. The van der Waals surface area contributed by atoms with Gasteiger partial charge in [-0.2, -0.15) is 0 Å². The molecule has 5 heteroatoms. The van der Waals surface area contributed by atoms with Crippen molar-refractivity contribution in [2.75, 3.05) is 18.4 Å². The molecule has 1 aliphatic heterocycles. The summed E-state index contributed by atoms with van der Waals surface area (Å²) in [4.78, 5) is 19.5. The fraction of sp³-hybridized carbons (Fsp3) is 0.273. The van der Waals surface area contributed by atoms with Crippen molar-refractivity contribution in [3.8, 4) is 0 Å². The molecule has 0 saturated carbocycles. The van der Waals surface area contributed by atoms with Gasteiger partial charge < -0.3 is 10.2 Å². The van der Waals surface area contributed by atoms with Crippen LogP contribution in [0.4, 0.5) is 15.8 Å². The summed E-state index contributed by atoms with van der Waals surface area (Å²) in [5, 5.41) is 3.99. The Kier molecular flexibility index (Phi) is 4.75. The van der Waals surface area contributed by atoms with Crippen LogP contribution in [0.25, 0.3) is 10.9 Å². The summed E-state index contributed by atoms with van der Waals surface area (Å²) in [5.41, 5.74) is 3.70. The number of hydrogen-bond donors (Lipinski definition) is 1. The molecule has 1 N–H and O–H groups in total. The number of benzene rings is 2. The third-order valence-electron chi connectivity index (χ3n) is 5.11. The molecule has 27 heavy (non-hydrogen) atoms. The second-order valence-electron chi connectivity index (χ2n) is 7.00. The van der Waals surface area contributed by atoms with E-state index < -0.39 is 0 Å². The molecule has 0 atom stereocenters. The van der Waals surface area contributed by atoms with Crippen LogP contribution in [0.3, 0.4) is 0 Å². The fourth-order valence-electron chi connectivity index (χ4n) is 3.58. The van der Waals surface area contributed by atoms with Crippen molar-refractivity contribution in [3.05, 3.63) is 65.6 Å². The van der Waals surface area contributed by atoms with Gasteiger partial charge >= 0.3 is 0 Å². The van der Waals surface area contributed by atoms with Gasteiger partial charge in [-0.15, -0.1) is 0 Å². The number of aryl methyl sites for hydroxylation is 1. The smallest absolute Gasteiger partial charge is 0.257 e. The van der Waals surface area contributed by atoms with Crippen LogP contribution in [0.5, 0.6) is 0 Å². The van der Waals surface area contributed by atoms with Gasteiger partial charge in [0.2, 0.25) is 0 Å². The van der Waals surface area contributed by atoms with Gasteiger partial charge in [0.25, 0.3) is 5.91 Å². The maximum atomic E-state index is 14.0. The number of aromatic nitrogens is 1. The Morgan fingerprint density at radius 1 is 1.11 bits per heavy atom. The number of nitrogens with one attached hydrogen (secondary N) is 1. The predicted octanol–water partition coefficient (Wildman–Crippen LogP) is 5.05. The first kappa shape index (κ1) is 17.5. The Morgan fingerprint density at radius 2 is 1.89 bits per heavy atom. The molecule has 0 spiro atoms. The normalized spacial score (nSPS) is 14.4. The molecule has 4 rings (SSSR count). The molecule has 2 heterocycles. The highest BCUT2D eigenvalue weighted by Gasteiger charge is 2.23. The van der Waals surface area contributed by atoms with E-state index in [1.54, 1.807) is 12.3 Å². The van der Waals surface area contributed by atoms with Crippen LogP contribution in [0.1, 0.15) is 35.2 Å². The summed E-state index contributed by atoms with van der Waals surface area (Å²) < 4.78 is 14.0. The summed E-state index contributed by atoms with van der Waals surface area (Å²) in [6.45, 7) is 3.51. The number of anilines is 2. The van der Waals surface area contributed by atoms with E-state index in [1.807, 2.05) is 36.1 Å². The minimum absolute atomic E-state index is 0.0514.